The highest BCUT2D eigenvalue weighted by Crippen LogP contribution is 2.25. The van der Waals surface area contributed by atoms with E-state index in [-0.39, 0.29) is 23.8 Å². The summed E-state index contributed by atoms with van der Waals surface area (Å²) < 4.78 is 1.94. The smallest absolute Gasteiger partial charge is 0.227 e. The first-order valence-electron chi connectivity index (χ1n) is 8.59. The van der Waals surface area contributed by atoms with E-state index in [0.29, 0.717) is 6.54 Å². The molecule has 0 radical (unpaired) electrons. The average molecular weight is 318 g/mol. The van der Waals surface area contributed by atoms with E-state index >= 15 is 0 Å². The molecule has 2 atom stereocenters. The topological polar surface area (TPSA) is 58.4 Å². The molecule has 2 amide bonds. The summed E-state index contributed by atoms with van der Waals surface area (Å²) in [6.45, 7) is 6.58. The first-order chi connectivity index (χ1) is 11.0. The summed E-state index contributed by atoms with van der Waals surface area (Å²) in [4.78, 5) is 28.4. The molecule has 0 unspecified atom stereocenters. The molecule has 6 nitrogen and oxygen atoms in total. The minimum absolute atomic E-state index is 0.0346. The summed E-state index contributed by atoms with van der Waals surface area (Å²) in [7, 11) is 0. The van der Waals surface area contributed by atoms with Crippen LogP contribution in [0.4, 0.5) is 0 Å². The van der Waals surface area contributed by atoms with E-state index in [2.05, 4.69) is 5.10 Å². The fourth-order valence-electron chi connectivity index (χ4n) is 3.80. The second-order valence-electron chi connectivity index (χ2n) is 6.87. The fraction of sp³-hybridized carbons (Fsp3) is 0.706. The summed E-state index contributed by atoms with van der Waals surface area (Å²) in [6, 6.07) is 0.231. The van der Waals surface area contributed by atoms with Crippen molar-refractivity contribution in [2.75, 3.05) is 19.6 Å². The molecule has 0 spiro atoms. The van der Waals surface area contributed by atoms with Gasteiger partial charge in [-0.1, -0.05) is 0 Å². The Bertz CT molecular complexity index is 583. The SMILES string of the molecule is CC(=O)N1CCC[C@@H](C(=O)N2CCC[C@@H]2Cn2cc(C)cn2)C1. The van der Waals surface area contributed by atoms with Crippen LogP contribution in [0.1, 0.15) is 38.2 Å². The molecule has 0 aromatic carbocycles. The maximum Gasteiger partial charge on any atom is 0.227 e. The molecule has 2 saturated heterocycles. The molecular formula is C17H26N4O2. The molecule has 23 heavy (non-hydrogen) atoms. The summed E-state index contributed by atoms with van der Waals surface area (Å²) in [6.07, 6.45) is 7.79. The van der Waals surface area contributed by atoms with Crippen LogP contribution in [0.15, 0.2) is 12.4 Å². The molecule has 0 saturated carbocycles. The summed E-state index contributed by atoms with van der Waals surface area (Å²) in [5.41, 5.74) is 1.14. The minimum atomic E-state index is -0.0346. The number of carbonyl (C=O) groups is 2. The van der Waals surface area contributed by atoms with Crippen molar-refractivity contribution in [3.05, 3.63) is 18.0 Å². The highest BCUT2D eigenvalue weighted by molar-refractivity contribution is 5.81. The van der Waals surface area contributed by atoms with Crippen molar-refractivity contribution in [3.8, 4) is 0 Å². The molecule has 0 aliphatic carbocycles. The van der Waals surface area contributed by atoms with Crippen molar-refractivity contribution in [3.63, 3.8) is 0 Å². The van der Waals surface area contributed by atoms with Crippen LogP contribution >= 0.6 is 0 Å². The number of piperidine rings is 1. The Morgan fingerprint density at radius 1 is 1.26 bits per heavy atom. The van der Waals surface area contributed by atoms with Gasteiger partial charge < -0.3 is 9.80 Å². The lowest BCUT2D eigenvalue weighted by Crippen LogP contribution is -2.48. The van der Waals surface area contributed by atoms with Gasteiger partial charge in [0, 0.05) is 32.8 Å². The van der Waals surface area contributed by atoms with E-state index in [9.17, 15) is 9.59 Å². The number of amides is 2. The zero-order chi connectivity index (χ0) is 16.4. The van der Waals surface area contributed by atoms with Crippen LogP contribution in [0.2, 0.25) is 0 Å². The summed E-state index contributed by atoms with van der Waals surface area (Å²) in [5, 5.41) is 4.35. The number of nitrogens with zero attached hydrogens (tertiary/aromatic N) is 4. The van der Waals surface area contributed by atoms with Gasteiger partial charge in [-0.25, -0.2) is 0 Å². The van der Waals surface area contributed by atoms with Crippen LogP contribution in [-0.2, 0) is 16.1 Å². The Kier molecular flexibility index (Phi) is 4.68. The predicted octanol–water partition coefficient (Wildman–Crippen LogP) is 1.44. The van der Waals surface area contributed by atoms with Gasteiger partial charge in [-0.2, -0.15) is 5.10 Å². The highest BCUT2D eigenvalue weighted by Gasteiger charge is 2.35. The van der Waals surface area contributed by atoms with E-state index in [0.717, 1.165) is 50.9 Å². The molecule has 2 fully saturated rings. The molecule has 3 rings (SSSR count). The predicted molar refractivity (Wildman–Crippen MR) is 86.7 cm³/mol. The third-order valence-corrected chi connectivity index (χ3v) is 5.04. The van der Waals surface area contributed by atoms with E-state index in [1.54, 1.807) is 6.92 Å². The first kappa shape index (κ1) is 16.0. The Balaban J connectivity index is 1.64. The summed E-state index contributed by atoms with van der Waals surface area (Å²) in [5.74, 6) is 0.266. The van der Waals surface area contributed by atoms with E-state index in [1.807, 2.05) is 33.8 Å². The standard InChI is InChI=1S/C17H26N4O2/c1-13-9-18-20(10-13)12-16-6-4-8-21(16)17(23)15-5-3-7-19(11-15)14(2)22/h9-10,15-16H,3-8,11-12H2,1-2H3/t15-,16-/m1/s1. The van der Waals surface area contributed by atoms with Gasteiger partial charge in [0.1, 0.15) is 0 Å². The molecule has 1 aromatic rings. The van der Waals surface area contributed by atoms with Crippen LogP contribution in [-0.4, -0.2) is 57.1 Å². The fourth-order valence-corrected chi connectivity index (χ4v) is 3.80. The van der Waals surface area contributed by atoms with Gasteiger partial charge in [-0.05, 0) is 38.2 Å². The maximum absolute atomic E-state index is 12.9. The molecule has 6 heteroatoms. The van der Waals surface area contributed by atoms with Crippen molar-refractivity contribution in [1.29, 1.82) is 0 Å². The van der Waals surface area contributed by atoms with Gasteiger partial charge in [-0.3, -0.25) is 14.3 Å². The third kappa shape index (κ3) is 3.57. The van der Waals surface area contributed by atoms with Crippen LogP contribution in [0.25, 0.3) is 0 Å². The Morgan fingerprint density at radius 2 is 2.04 bits per heavy atom. The van der Waals surface area contributed by atoms with Gasteiger partial charge in [0.2, 0.25) is 11.8 Å². The molecular weight excluding hydrogens is 292 g/mol. The van der Waals surface area contributed by atoms with Gasteiger partial charge >= 0.3 is 0 Å². The van der Waals surface area contributed by atoms with Crippen LogP contribution in [0.3, 0.4) is 0 Å². The quantitative estimate of drug-likeness (QED) is 0.847. The molecule has 0 bridgehead atoms. The lowest BCUT2D eigenvalue weighted by atomic mass is 9.96. The first-order valence-corrected chi connectivity index (χ1v) is 8.59. The number of aryl methyl sites for hydroxylation is 1. The Hall–Kier alpha value is -1.85. The van der Waals surface area contributed by atoms with E-state index in [1.165, 1.54) is 0 Å². The van der Waals surface area contributed by atoms with Crippen LogP contribution in [0.5, 0.6) is 0 Å². The van der Waals surface area contributed by atoms with Gasteiger partial charge in [-0.15, -0.1) is 0 Å². The van der Waals surface area contributed by atoms with E-state index < -0.39 is 0 Å². The third-order valence-electron chi connectivity index (χ3n) is 5.04. The second kappa shape index (κ2) is 6.72. The molecule has 3 heterocycles. The largest absolute Gasteiger partial charge is 0.342 e. The monoisotopic (exact) mass is 318 g/mol. The normalized spacial score (nSPS) is 25.0. The Labute approximate surface area is 137 Å². The lowest BCUT2D eigenvalue weighted by molar-refractivity contribution is -0.141. The van der Waals surface area contributed by atoms with Crippen molar-refractivity contribution in [2.24, 2.45) is 5.92 Å². The number of hydrogen-bond acceptors (Lipinski definition) is 3. The van der Waals surface area contributed by atoms with Crippen LogP contribution < -0.4 is 0 Å². The van der Waals surface area contributed by atoms with Crippen molar-refractivity contribution in [1.82, 2.24) is 19.6 Å². The van der Waals surface area contributed by atoms with Gasteiger partial charge in [0.15, 0.2) is 0 Å². The number of carbonyl (C=O) groups excluding carboxylic acids is 2. The maximum atomic E-state index is 12.9. The second-order valence-corrected chi connectivity index (χ2v) is 6.87. The minimum Gasteiger partial charge on any atom is -0.342 e. The van der Waals surface area contributed by atoms with Crippen LogP contribution in [0, 0.1) is 12.8 Å². The van der Waals surface area contributed by atoms with Crippen molar-refractivity contribution < 1.29 is 9.59 Å². The molecule has 2 aliphatic rings. The van der Waals surface area contributed by atoms with Gasteiger partial charge in [0.05, 0.1) is 24.7 Å². The van der Waals surface area contributed by atoms with Crippen molar-refractivity contribution >= 4 is 11.8 Å². The molecule has 126 valence electrons. The van der Waals surface area contributed by atoms with E-state index in [4.69, 9.17) is 0 Å². The lowest BCUT2D eigenvalue weighted by Gasteiger charge is -2.35. The zero-order valence-corrected chi connectivity index (χ0v) is 14.1. The molecule has 0 N–H and O–H groups in total. The number of aromatic nitrogens is 2. The van der Waals surface area contributed by atoms with Crippen molar-refractivity contribution in [2.45, 2.75) is 52.1 Å². The van der Waals surface area contributed by atoms with Gasteiger partial charge in [0.25, 0.3) is 0 Å². The Morgan fingerprint density at radius 3 is 2.74 bits per heavy atom. The zero-order valence-electron chi connectivity index (χ0n) is 14.1. The number of rotatable bonds is 3. The molecule has 2 aliphatic heterocycles. The molecule has 1 aromatic heterocycles. The number of likely N-dealkylation sites (tertiary alicyclic amines) is 2. The average Bonchev–Trinajstić information content (AvgIpc) is 3.16. The number of hydrogen-bond donors (Lipinski definition) is 0. The highest BCUT2D eigenvalue weighted by atomic mass is 16.2. The summed E-state index contributed by atoms with van der Waals surface area (Å²) >= 11 is 0.